The highest BCUT2D eigenvalue weighted by atomic mass is 32.2. The lowest BCUT2D eigenvalue weighted by Gasteiger charge is -2.05. The predicted molar refractivity (Wildman–Crippen MR) is 76.5 cm³/mol. The Hall–Kier alpha value is -1.70. The van der Waals surface area contributed by atoms with Gasteiger partial charge in [-0.15, -0.1) is 11.3 Å². The highest BCUT2D eigenvalue weighted by Gasteiger charge is 2.18. The van der Waals surface area contributed by atoms with Crippen molar-refractivity contribution in [3.8, 4) is 0 Å². The van der Waals surface area contributed by atoms with Crippen LogP contribution in [0.2, 0.25) is 0 Å². The molecule has 2 aromatic rings. The summed E-state index contributed by atoms with van der Waals surface area (Å²) < 4.78 is 26.5. The minimum absolute atomic E-state index is 0.000862. The Labute approximate surface area is 120 Å². The van der Waals surface area contributed by atoms with E-state index in [9.17, 15) is 13.2 Å². The van der Waals surface area contributed by atoms with Crippen molar-refractivity contribution in [2.75, 3.05) is 0 Å². The number of hydrogen-bond acceptors (Lipinski definition) is 4. The molecule has 0 fully saturated rings. The van der Waals surface area contributed by atoms with Crippen LogP contribution in [-0.2, 0) is 16.6 Å². The standard InChI is InChI=1S/C13H13NO4S2/c1-9-3-2-4-10(5-9)7-14-20(17,18)11-6-12(13(15)16)19-8-11/h2-6,8,14H,7H2,1H3,(H,15,16). The number of carboxylic acid groups (broad SMARTS) is 1. The monoisotopic (exact) mass is 311 g/mol. The number of hydrogen-bond donors (Lipinski definition) is 2. The van der Waals surface area contributed by atoms with Gasteiger partial charge in [0.2, 0.25) is 10.0 Å². The number of thiophene rings is 1. The number of benzene rings is 1. The van der Waals surface area contributed by atoms with Crippen LogP contribution in [0.5, 0.6) is 0 Å². The van der Waals surface area contributed by atoms with Gasteiger partial charge in [0.25, 0.3) is 0 Å². The number of aromatic carboxylic acids is 1. The topological polar surface area (TPSA) is 83.5 Å². The Morgan fingerprint density at radius 3 is 2.70 bits per heavy atom. The third-order valence-corrected chi connectivity index (χ3v) is 5.09. The Morgan fingerprint density at radius 2 is 2.10 bits per heavy atom. The Kier molecular flexibility index (Phi) is 4.22. The van der Waals surface area contributed by atoms with Crippen molar-refractivity contribution in [1.82, 2.24) is 4.72 Å². The predicted octanol–water partition coefficient (Wildman–Crippen LogP) is 2.23. The highest BCUT2D eigenvalue weighted by molar-refractivity contribution is 7.89. The lowest BCUT2D eigenvalue weighted by molar-refractivity contribution is 0.0702. The van der Waals surface area contributed by atoms with Crippen LogP contribution in [0.15, 0.2) is 40.6 Å². The van der Waals surface area contributed by atoms with E-state index < -0.39 is 16.0 Å². The first-order valence-electron chi connectivity index (χ1n) is 5.75. The number of sulfonamides is 1. The molecule has 106 valence electrons. The number of rotatable bonds is 5. The largest absolute Gasteiger partial charge is 0.477 e. The minimum Gasteiger partial charge on any atom is -0.477 e. The number of carbonyl (C=O) groups is 1. The fraction of sp³-hybridized carbons (Fsp3) is 0.154. The van der Waals surface area contributed by atoms with E-state index in [1.165, 1.54) is 5.38 Å². The van der Waals surface area contributed by atoms with E-state index in [1.54, 1.807) is 0 Å². The maximum absolute atomic E-state index is 12.0. The molecule has 1 aromatic heterocycles. The van der Waals surface area contributed by atoms with Crippen LogP contribution in [0.3, 0.4) is 0 Å². The van der Waals surface area contributed by atoms with Crippen molar-refractivity contribution in [2.24, 2.45) is 0 Å². The number of carboxylic acids is 1. The molecule has 20 heavy (non-hydrogen) atoms. The van der Waals surface area contributed by atoms with Gasteiger partial charge in [-0.05, 0) is 18.6 Å². The van der Waals surface area contributed by atoms with Crippen molar-refractivity contribution in [1.29, 1.82) is 0 Å². The minimum atomic E-state index is -3.69. The fourth-order valence-electron chi connectivity index (χ4n) is 1.66. The second kappa shape index (κ2) is 5.74. The van der Waals surface area contributed by atoms with Gasteiger partial charge < -0.3 is 5.11 Å². The zero-order chi connectivity index (χ0) is 14.8. The van der Waals surface area contributed by atoms with Gasteiger partial charge in [0.1, 0.15) is 4.88 Å². The van der Waals surface area contributed by atoms with Gasteiger partial charge in [-0.2, -0.15) is 0 Å². The highest BCUT2D eigenvalue weighted by Crippen LogP contribution is 2.19. The second-order valence-electron chi connectivity index (χ2n) is 4.27. The summed E-state index contributed by atoms with van der Waals surface area (Å²) in [6.07, 6.45) is 0. The van der Waals surface area contributed by atoms with Crippen LogP contribution in [0, 0.1) is 6.92 Å². The number of aryl methyl sites for hydroxylation is 1. The summed E-state index contributed by atoms with van der Waals surface area (Å²) in [5, 5.41) is 10.1. The van der Waals surface area contributed by atoms with E-state index in [4.69, 9.17) is 5.11 Å². The molecule has 0 radical (unpaired) electrons. The van der Waals surface area contributed by atoms with Crippen LogP contribution >= 0.6 is 11.3 Å². The molecule has 0 bridgehead atoms. The van der Waals surface area contributed by atoms with Gasteiger partial charge in [0, 0.05) is 11.9 Å². The molecule has 0 spiro atoms. The molecule has 2 N–H and O–H groups in total. The van der Waals surface area contributed by atoms with Crippen LogP contribution in [-0.4, -0.2) is 19.5 Å². The molecule has 0 saturated heterocycles. The van der Waals surface area contributed by atoms with Crippen LogP contribution in [0.25, 0.3) is 0 Å². The van der Waals surface area contributed by atoms with Gasteiger partial charge in [0.15, 0.2) is 0 Å². The molecule has 2 rings (SSSR count). The summed E-state index contributed by atoms with van der Waals surface area (Å²) in [4.78, 5) is 10.7. The molecule has 5 nitrogen and oxygen atoms in total. The van der Waals surface area contributed by atoms with Crippen LogP contribution in [0.4, 0.5) is 0 Å². The normalized spacial score (nSPS) is 11.4. The average Bonchev–Trinajstić information content (AvgIpc) is 2.87. The summed E-state index contributed by atoms with van der Waals surface area (Å²) in [5.74, 6) is -1.13. The fourth-order valence-corrected chi connectivity index (χ4v) is 3.78. The molecule has 7 heteroatoms. The van der Waals surface area contributed by atoms with E-state index in [1.807, 2.05) is 31.2 Å². The molecule has 1 heterocycles. The zero-order valence-corrected chi connectivity index (χ0v) is 12.3. The van der Waals surface area contributed by atoms with Gasteiger partial charge in [-0.1, -0.05) is 29.8 Å². The molecule has 0 amide bonds. The first kappa shape index (κ1) is 14.7. The van der Waals surface area contributed by atoms with E-state index in [0.717, 1.165) is 28.5 Å². The molecular formula is C13H13NO4S2. The van der Waals surface area contributed by atoms with E-state index in [0.29, 0.717) is 0 Å². The Bertz CT molecular complexity index is 734. The lowest BCUT2D eigenvalue weighted by atomic mass is 10.1. The summed E-state index contributed by atoms with van der Waals surface area (Å²) in [6.45, 7) is 2.10. The first-order chi connectivity index (χ1) is 9.38. The summed E-state index contributed by atoms with van der Waals surface area (Å²) in [6, 6.07) is 8.65. The summed E-state index contributed by atoms with van der Waals surface area (Å²) in [7, 11) is -3.69. The van der Waals surface area contributed by atoms with Crippen LogP contribution in [0.1, 0.15) is 20.8 Å². The van der Waals surface area contributed by atoms with Crippen molar-refractivity contribution < 1.29 is 18.3 Å². The van der Waals surface area contributed by atoms with Crippen molar-refractivity contribution in [3.05, 3.63) is 51.7 Å². The molecule has 0 aliphatic carbocycles. The third kappa shape index (κ3) is 3.44. The van der Waals surface area contributed by atoms with Crippen molar-refractivity contribution >= 4 is 27.3 Å². The average molecular weight is 311 g/mol. The molecule has 0 aliphatic heterocycles. The van der Waals surface area contributed by atoms with Crippen molar-refractivity contribution in [2.45, 2.75) is 18.4 Å². The molecule has 0 saturated carbocycles. The molecule has 0 aliphatic rings. The SMILES string of the molecule is Cc1cccc(CNS(=O)(=O)c2csc(C(=O)O)c2)c1. The maximum Gasteiger partial charge on any atom is 0.345 e. The van der Waals surface area contributed by atoms with Crippen LogP contribution < -0.4 is 4.72 Å². The van der Waals surface area contributed by atoms with Gasteiger partial charge in [-0.25, -0.2) is 17.9 Å². The third-order valence-electron chi connectivity index (χ3n) is 2.65. The lowest BCUT2D eigenvalue weighted by Crippen LogP contribution is -2.22. The van der Waals surface area contributed by atoms with Crippen molar-refractivity contribution in [3.63, 3.8) is 0 Å². The molecular weight excluding hydrogens is 298 g/mol. The first-order valence-corrected chi connectivity index (χ1v) is 8.12. The molecule has 0 unspecified atom stereocenters. The van der Waals surface area contributed by atoms with E-state index in [2.05, 4.69) is 4.72 Å². The molecule has 0 atom stereocenters. The quantitative estimate of drug-likeness (QED) is 0.887. The maximum atomic E-state index is 12.0. The van der Waals surface area contributed by atoms with E-state index >= 15 is 0 Å². The number of nitrogens with one attached hydrogen (secondary N) is 1. The van der Waals surface area contributed by atoms with Gasteiger partial charge in [-0.3, -0.25) is 0 Å². The second-order valence-corrected chi connectivity index (χ2v) is 6.94. The van der Waals surface area contributed by atoms with Gasteiger partial charge in [0.05, 0.1) is 4.90 Å². The summed E-state index contributed by atoms with van der Waals surface area (Å²) in [5.41, 5.74) is 1.90. The summed E-state index contributed by atoms with van der Waals surface area (Å²) >= 11 is 0.890. The molecule has 1 aromatic carbocycles. The zero-order valence-electron chi connectivity index (χ0n) is 10.7. The smallest absolute Gasteiger partial charge is 0.345 e. The Morgan fingerprint density at radius 1 is 1.35 bits per heavy atom. The van der Waals surface area contributed by atoms with Gasteiger partial charge >= 0.3 is 5.97 Å². The Balaban J connectivity index is 2.12. The van der Waals surface area contributed by atoms with E-state index in [-0.39, 0.29) is 16.3 Å².